The highest BCUT2D eigenvalue weighted by atomic mass is 79.9. The quantitative estimate of drug-likeness (QED) is 0.534. The molecule has 1 amide bonds. The van der Waals surface area contributed by atoms with Crippen molar-refractivity contribution in [2.24, 2.45) is 5.10 Å². The van der Waals surface area contributed by atoms with Gasteiger partial charge in [-0.2, -0.15) is 5.10 Å². The topological polar surface area (TPSA) is 69.2 Å². The molecule has 0 saturated carbocycles. The van der Waals surface area contributed by atoms with E-state index >= 15 is 0 Å². The molecule has 0 radical (unpaired) electrons. The van der Waals surface area contributed by atoms with Crippen molar-refractivity contribution in [3.63, 3.8) is 0 Å². The van der Waals surface area contributed by atoms with E-state index < -0.39 is 0 Å². The molecule has 0 aliphatic carbocycles. The number of ether oxygens (including phenoxy) is 3. The number of rotatable bonds is 5. The van der Waals surface area contributed by atoms with Crippen molar-refractivity contribution in [3.05, 3.63) is 50.4 Å². The molecule has 0 saturated heterocycles. The first-order valence-electron chi connectivity index (χ1n) is 7.33. The van der Waals surface area contributed by atoms with Crippen LogP contribution in [0.5, 0.6) is 17.2 Å². The summed E-state index contributed by atoms with van der Waals surface area (Å²) in [6.45, 7) is 2.03. The number of amides is 1. The average molecular weight is 470 g/mol. The molecule has 0 unspecified atom stereocenters. The van der Waals surface area contributed by atoms with E-state index in [2.05, 4.69) is 42.4 Å². The number of hydrazone groups is 1. The van der Waals surface area contributed by atoms with Gasteiger partial charge in [-0.1, -0.05) is 0 Å². The van der Waals surface area contributed by atoms with Crippen molar-refractivity contribution in [3.8, 4) is 17.2 Å². The smallest absolute Gasteiger partial charge is 0.277 e. The molecule has 0 atom stereocenters. The highest BCUT2D eigenvalue weighted by Gasteiger charge is 2.13. The number of carbonyl (C=O) groups is 1. The maximum atomic E-state index is 11.9. The van der Waals surface area contributed by atoms with Crippen LogP contribution < -0.4 is 19.6 Å². The minimum absolute atomic E-state index is 0.154. The maximum absolute atomic E-state index is 11.9. The highest BCUT2D eigenvalue weighted by Crippen LogP contribution is 2.34. The van der Waals surface area contributed by atoms with Crippen molar-refractivity contribution >= 4 is 44.0 Å². The monoisotopic (exact) mass is 468 g/mol. The molecule has 6 nitrogen and oxygen atoms in total. The summed E-state index contributed by atoms with van der Waals surface area (Å²) in [5.41, 5.74) is 4.28. The second-order valence-electron chi connectivity index (χ2n) is 5.25. The zero-order chi connectivity index (χ0) is 17.8. The third-order valence-corrected chi connectivity index (χ3v) is 4.47. The summed E-state index contributed by atoms with van der Waals surface area (Å²) in [5.74, 6) is 1.56. The van der Waals surface area contributed by atoms with Gasteiger partial charge in [0.2, 0.25) is 6.79 Å². The molecular formula is C17H14Br2N2O4. The van der Waals surface area contributed by atoms with Crippen LogP contribution in [0.2, 0.25) is 0 Å². The number of fused-ring (bicyclic) bond motifs is 1. The maximum Gasteiger partial charge on any atom is 0.277 e. The molecule has 8 heteroatoms. The first kappa shape index (κ1) is 17.8. The molecule has 130 valence electrons. The van der Waals surface area contributed by atoms with Gasteiger partial charge >= 0.3 is 0 Å². The Bertz CT molecular complexity index is 816. The average Bonchev–Trinajstić information content (AvgIpc) is 3.01. The Hall–Kier alpha value is -2.06. The fourth-order valence-corrected chi connectivity index (χ4v) is 3.81. The first-order valence-corrected chi connectivity index (χ1v) is 8.91. The van der Waals surface area contributed by atoms with Gasteiger partial charge in [0.05, 0.1) is 15.2 Å². The van der Waals surface area contributed by atoms with E-state index in [1.165, 1.54) is 6.21 Å². The normalized spacial score (nSPS) is 12.4. The standard InChI is InChI=1S/C17H14Br2N2O4/c1-10-4-12(18)17(13(19)5-10)23-8-16(22)21-20-7-11-2-3-14-15(6-11)25-9-24-14/h2-7H,8-9H2,1H3,(H,21,22)/b20-7-. The molecule has 1 aliphatic heterocycles. The van der Waals surface area contributed by atoms with Gasteiger partial charge in [0, 0.05) is 0 Å². The van der Waals surface area contributed by atoms with Crippen molar-refractivity contribution in [2.45, 2.75) is 6.92 Å². The molecule has 0 fully saturated rings. The number of nitrogens with zero attached hydrogens (tertiary/aromatic N) is 1. The lowest BCUT2D eigenvalue weighted by molar-refractivity contribution is -0.123. The van der Waals surface area contributed by atoms with Crippen molar-refractivity contribution in [2.75, 3.05) is 13.4 Å². The SMILES string of the molecule is Cc1cc(Br)c(OCC(=O)N/N=C\c2ccc3c(c2)OCO3)c(Br)c1. The van der Waals surface area contributed by atoms with Gasteiger partial charge in [-0.3, -0.25) is 4.79 Å². The van der Waals surface area contributed by atoms with E-state index in [1.807, 2.05) is 25.1 Å². The fourth-order valence-electron chi connectivity index (χ4n) is 2.17. The summed E-state index contributed by atoms with van der Waals surface area (Å²) in [7, 11) is 0. The second kappa shape index (κ2) is 7.88. The molecule has 0 aromatic heterocycles. The summed E-state index contributed by atoms with van der Waals surface area (Å²) in [6.07, 6.45) is 1.53. The Morgan fingerprint density at radius 2 is 1.96 bits per heavy atom. The molecule has 1 N–H and O–H groups in total. The lowest BCUT2D eigenvalue weighted by atomic mass is 10.2. The van der Waals surface area contributed by atoms with Crippen molar-refractivity contribution < 1.29 is 19.0 Å². The minimum atomic E-state index is -0.364. The van der Waals surface area contributed by atoms with Gasteiger partial charge in [0.25, 0.3) is 5.91 Å². The number of aryl methyl sites for hydroxylation is 1. The van der Waals surface area contributed by atoms with Gasteiger partial charge in [0.1, 0.15) is 5.75 Å². The largest absolute Gasteiger partial charge is 0.481 e. The summed E-state index contributed by atoms with van der Waals surface area (Å²) in [4.78, 5) is 11.9. The molecule has 1 heterocycles. The third kappa shape index (κ3) is 4.52. The van der Waals surface area contributed by atoms with Crippen LogP contribution in [0.15, 0.2) is 44.4 Å². The Kier molecular flexibility index (Phi) is 5.60. The molecule has 2 aromatic rings. The number of hydrogen-bond donors (Lipinski definition) is 1. The van der Waals surface area contributed by atoms with Crippen LogP contribution in [0, 0.1) is 6.92 Å². The van der Waals surface area contributed by atoms with E-state index in [-0.39, 0.29) is 19.3 Å². The van der Waals surface area contributed by atoms with Crippen LogP contribution in [-0.4, -0.2) is 25.5 Å². The van der Waals surface area contributed by atoms with E-state index in [9.17, 15) is 4.79 Å². The predicted octanol–water partition coefficient (Wildman–Crippen LogP) is 3.78. The van der Waals surface area contributed by atoms with Gasteiger partial charge in [-0.05, 0) is 80.2 Å². The zero-order valence-corrected chi connectivity index (χ0v) is 16.4. The number of hydrogen-bond acceptors (Lipinski definition) is 5. The number of benzene rings is 2. The number of nitrogens with one attached hydrogen (secondary N) is 1. The summed E-state index contributed by atoms with van der Waals surface area (Å²) in [6, 6.07) is 9.22. The molecule has 1 aliphatic rings. The summed E-state index contributed by atoms with van der Waals surface area (Å²) >= 11 is 6.83. The van der Waals surface area contributed by atoms with E-state index in [4.69, 9.17) is 14.2 Å². The molecular weight excluding hydrogens is 456 g/mol. The fraction of sp³-hybridized carbons (Fsp3) is 0.176. The predicted molar refractivity (Wildman–Crippen MR) is 100 cm³/mol. The zero-order valence-electron chi connectivity index (χ0n) is 13.2. The van der Waals surface area contributed by atoms with Gasteiger partial charge in [0.15, 0.2) is 18.1 Å². The van der Waals surface area contributed by atoms with Crippen LogP contribution in [0.3, 0.4) is 0 Å². The lowest BCUT2D eigenvalue weighted by Gasteiger charge is -2.10. The van der Waals surface area contributed by atoms with Crippen LogP contribution in [0.4, 0.5) is 0 Å². The van der Waals surface area contributed by atoms with Crippen molar-refractivity contribution in [1.29, 1.82) is 0 Å². The van der Waals surface area contributed by atoms with Crippen LogP contribution in [0.25, 0.3) is 0 Å². The molecule has 2 aromatic carbocycles. The van der Waals surface area contributed by atoms with E-state index in [1.54, 1.807) is 12.1 Å². The Morgan fingerprint density at radius 1 is 1.24 bits per heavy atom. The Balaban J connectivity index is 1.53. The van der Waals surface area contributed by atoms with E-state index in [0.717, 1.165) is 20.1 Å². The van der Waals surface area contributed by atoms with Gasteiger partial charge < -0.3 is 14.2 Å². The second-order valence-corrected chi connectivity index (χ2v) is 6.96. The van der Waals surface area contributed by atoms with Crippen LogP contribution in [0.1, 0.15) is 11.1 Å². The summed E-state index contributed by atoms with van der Waals surface area (Å²) < 4.78 is 17.6. The Labute approximate surface area is 161 Å². The number of carbonyl (C=O) groups excluding carboxylic acids is 1. The Morgan fingerprint density at radius 3 is 2.72 bits per heavy atom. The summed E-state index contributed by atoms with van der Waals surface area (Å²) in [5, 5.41) is 3.91. The van der Waals surface area contributed by atoms with Gasteiger partial charge in [-0.25, -0.2) is 5.43 Å². The van der Waals surface area contributed by atoms with Crippen LogP contribution in [-0.2, 0) is 4.79 Å². The van der Waals surface area contributed by atoms with Gasteiger partial charge in [-0.15, -0.1) is 0 Å². The molecule has 0 spiro atoms. The van der Waals surface area contributed by atoms with Crippen molar-refractivity contribution in [1.82, 2.24) is 5.43 Å². The third-order valence-electron chi connectivity index (χ3n) is 3.29. The highest BCUT2D eigenvalue weighted by molar-refractivity contribution is 9.11. The lowest BCUT2D eigenvalue weighted by Crippen LogP contribution is -2.24. The van der Waals surface area contributed by atoms with E-state index in [0.29, 0.717) is 17.2 Å². The van der Waals surface area contributed by atoms with Crippen LogP contribution >= 0.6 is 31.9 Å². The molecule has 25 heavy (non-hydrogen) atoms. The minimum Gasteiger partial charge on any atom is -0.481 e. The number of halogens is 2. The molecule has 0 bridgehead atoms. The molecule has 3 rings (SSSR count). The first-order chi connectivity index (χ1) is 12.0.